The van der Waals surface area contributed by atoms with Crippen molar-refractivity contribution in [2.45, 2.75) is 166 Å². The van der Waals surface area contributed by atoms with Gasteiger partial charge in [0.05, 0.1) is 71.9 Å². The molecule has 59 heavy (non-hydrogen) atoms. The second-order valence-corrected chi connectivity index (χ2v) is 20.4. The molecule has 0 spiro atoms. The first-order chi connectivity index (χ1) is 25.5. The number of aliphatic hydroxyl groups excluding tert-OH is 6. The fraction of sp³-hybridized carbons (Fsp3) is 0.857. The van der Waals surface area contributed by atoms with Gasteiger partial charge in [-0.15, -0.1) is 0 Å². The van der Waals surface area contributed by atoms with Gasteiger partial charge in [-0.3, -0.25) is 9.59 Å². The molecule has 2 aliphatic heterocycles. The van der Waals surface area contributed by atoms with Crippen molar-refractivity contribution in [3.05, 3.63) is 22.3 Å². The number of fused-ring (bicyclic) bond motifs is 10. The number of carbonyl (C=O) groups is 2. The Morgan fingerprint density at radius 2 is 0.831 bits per heavy atom. The van der Waals surface area contributed by atoms with Gasteiger partial charge in [-0.1, -0.05) is 41.5 Å². The van der Waals surface area contributed by atoms with Crippen LogP contribution in [-0.2, 0) is 19.1 Å². The van der Waals surface area contributed by atoms with Gasteiger partial charge in [-0.05, 0) is 61.8 Å². The zero-order chi connectivity index (χ0) is 42.0. The van der Waals surface area contributed by atoms with E-state index >= 15 is 0 Å². The Labute approximate surface area is 454 Å². The van der Waals surface area contributed by atoms with Crippen molar-refractivity contribution in [3.63, 3.8) is 0 Å². The van der Waals surface area contributed by atoms with Gasteiger partial charge in [0.25, 0.3) is 0 Å². The van der Waals surface area contributed by atoms with Gasteiger partial charge < -0.3 is 60.5 Å². The minimum atomic E-state index is -1.58. The van der Waals surface area contributed by atoms with Crippen LogP contribution in [0.4, 0.5) is 0 Å². The molecule has 3 radical (unpaired) electrons. The van der Waals surface area contributed by atoms with Crippen LogP contribution in [0.2, 0.25) is 0 Å². The molecule has 18 atom stereocenters. The largest absolute Gasteiger partial charge is 0.392 e. The molecule has 6 aliphatic carbocycles. The summed E-state index contributed by atoms with van der Waals surface area (Å²) in [5.41, 5.74) is -9.08. The van der Waals surface area contributed by atoms with Crippen molar-refractivity contribution in [2.24, 2.45) is 45.3 Å². The molecule has 2 heterocycles. The monoisotopic (exact) mass is 1470 g/mol. The van der Waals surface area contributed by atoms with Crippen molar-refractivity contribution in [2.75, 3.05) is 13.2 Å². The van der Waals surface area contributed by atoms with E-state index in [4.69, 9.17) is 9.47 Å². The number of aliphatic hydroxyl groups is 10. The molecule has 17 heteroatoms. The molecule has 0 aromatic heterocycles. The normalized spacial score (nSPS) is 52.7. The molecule has 8 rings (SSSR count). The van der Waals surface area contributed by atoms with Crippen molar-refractivity contribution in [3.8, 4) is 0 Å². The van der Waals surface area contributed by atoms with Gasteiger partial charge in [0.15, 0.2) is 11.6 Å². The summed E-state index contributed by atoms with van der Waals surface area (Å²) in [5, 5.41) is 112. The number of hydrogen-bond acceptors (Lipinski definition) is 14. The van der Waals surface area contributed by atoms with E-state index in [-0.39, 0.29) is 171 Å². The number of ether oxygens (including phenoxy) is 2. The smallest absolute Gasteiger partial charge is 0.174 e. The molecular weight excluding hydrogens is 1410 g/mol. The zero-order valence-corrected chi connectivity index (χ0v) is 50.2. The molecular formula is C42H64Ac3O14. The standard InChI is InChI=1S/2C21H32O7.3Ac/c2*1-9-11(22)7-21(27)10(2)16-19(5,12(23)6-13-20(16,26)8-28-13)17(25)15(24)14(9)18(21,3)4;;;/h2*10-13,15-16,22-24,26-27H,6-8H2,1-5H3;;;/t2*10?,11?,12?,13?,15?,16?,19-,20+,21?;;;/m11.../s1. The molecule has 0 aromatic rings. The quantitative estimate of drug-likeness (QED) is 0.142. The van der Waals surface area contributed by atoms with Crippen LogP contribution >= 0.6 is 0 Å². The van der Waals surface area contributed by atoms with Gasteiger partial charge in [-0.25, -0.2) is 0 Å². The minimum Gasteiger partial charge on any atom is -0.392 e. The predicted molar refractivity (Wildman–Crippen MR) is 198 cm³/mol. The molecule has 14 unspecified atom stereocenters. The van der Waals surface area contributed by atoms with Crippen molar-refractivity contribution in [1.82, 2.24) is 0 Å². The Morgan fingerprint density at radius 1 is 0.542 bits per heavy atom. The third-order valence-electron chi connectivity index (χ3n) is 17.8. The Morgan fingerprint density at radius 3 is 1.08 bits per heavy atom. The Bertz CT molecular complexity index is 1660. The second-order valence-electron chi connectivity index (χ2n) is 20.4. The summed E-state index contributed by atoms with van der Waals surface area (Å²) in [6.07, 6.45) is -8.39. The summed E-state index contributed by atoms with van der Waals surface area (Å²) < 4.78 is 11.0. The Hall–Kier alpha value is 2.66. The summed E-state index contributed by atoms with van der Waals surface area (Å²) in [5.74, 6) is -4.10. The maximum atomic E-state index is 13.6. The summed E-state index contributed by atoms with van der Waals surface area (Å²) in [6, 6.07) is 0. The van der Waals surface area contributed by atoms with E-state index in [0.717, 1.165) is 0 Å². The van der Waals surface area contributed by atoms with Crippen LogP contribution in [-0.4, -0.2) is 147 Å². The first-order valence-electron chi connectivity index (χ1n) is 20.2. The van der Waals surface area contributed by atoms with Gasteiger partial charge >= 0.3 is 0 Å². The summed E-state index contributed by atoms with van der Waals surface area (Å²) >= 11 is 0. The molecule has 6 fully saturated rings. The average Bonchev–Trinajstić information content (AvgIpc) is 3.10. The number of hydrogen-bond donors (Lipinski definition) is 10. The summed E-state index contributed by atoms with van der Waals surface area (Å²) in [4.78, 5) is 27.2. The van der Waals surface area contributed by atoms with Crippen molar-refractivity contribution < 1.29 is 202 Å². The van der Waals surface area contributed by atoms with E-state index < -0.39 is 128 Å². The van der Waals surface area contributed by atoms with Crippen LogP contribution < -0.4 is 0 Å². The van der Waals surface area contributed by atoms with E-state index in [9.17, 15) is 60.7 Å². The molecule has 4 saturated carbocycles. The number of Topliss-reactive ketones (excluding diaryl/α,β-unsaturated/α-hetero) is 2. The first kappa shape index (κ1) is 54.3. The predicted octanol–water partition coefficient (Wildman–Crippen LogP) is -0.157. The molecule has 0 aromatic carbocycles. The van der Waals surface area contributed by atoms with Crippen LogP contribution in [0.1, 0.15) is 94.9 Å². The number of carbonyl (C=O) groups excluding carboxylic acids is 2. The third kappa shape index (κ3) is 6.84. The SMILES string of the molecule is CC1=C2C(O)C(=O)[C@]3(C)C(O)CC4OC[C@@]4(O)C3C(C)C(O)(CC1O)C2(C)C.CC1=C2C(O)C(=O)[C@]3(C)C(O)CC4OC[C@@]4(O)C3C(C)C(O)(CC1O)C2(C)C.[Ac].[Ac].[Ac]. The van der Waals surface area contributed by atoms with Crippen LogP contribution in [0.3, 0.4) is 0 Å². The molecule has 10 N–H and O–H groups in total. The van der Waals surface area contributed by atoms with Gasteiger partial charge in [0.1, 0.15) is 23.4 Å². The molecule has 0 amide bonds. The van der Waals surface area contributed by atoms with Gasteiger partial charge in [0, 0.05) is 181 Å². The van der Waals surface area contributed by atoms with Gasteiger partial charge in [0.2, 0.25) is 0 Å². The van der Waals surface area contributed by atoms with E-state index in [1.807, 2.05) is 0 Å². The van der Waals surface area contributed by atoms with Crippen molar-refractivity contribution >= 4 is 11.6 Å². The molecule has 14 nitrogen and oxygen atoms in total. The average molecular weight is 1470 g/mol. The Kier molecular flexibility index (Phi) is 15.7. The fourth-order valence-corrected chi connectivity index (χ4v) is 14.0. The topological polar surface area (TPSA) is 255 Å². The third-order valence-corrected chi connectivity index (χ3v) is 17.8. The minimum absolute atomic E-state index is 0. The maximum Gasteiger partial charge on any atom is 0.174 e. The van der Waals surface area contributed by atoms with Crippen LogP contribution in [0, 0.1) is 178 Å². The fourth-order valence-electron chi connectivity index (χ4n) is 14.0. The van der Waals surface area contributed by atoms with Gasteiger partial charge in [-0.2, -0.15) is 0 Å². The molecule has 325 valence electrons. The summed E-state index contributed by atoms with van der Waals surface area (Å²) in [6.45, 7) is 17.2. The molecule has 2 saturated heterocycles. The van der Waals surface area contributed by atoms with E-state index in [2.05, 4.69) is 0 Å². The van der Waals surface area contributed by atoms with E-state index in [1.54, 1.807) is 69.2 Å². The molecule has 8 aliphatic rings. The Balaban J connectivity index is 0.000000248. The van der Waals surface area contributed by atoms with Crippen LogP contribution in [0.15, 0.2) is 22.3 Å². The first-order valence-corrected chi connectivity index (χ1v) is 20.2. The van der Waals surface area contributed by atoms with E-state index in [1.165, 1.54) is 0 Å². The number of rotatable bonds is 0. The summed E-state index contributed by atoms with van der Waals surface area (Å²) in [7, 11) is 0. The zero-order valence-electron chi connectivity index (χ0n) is 36.0. The van der Waals surface area contributed by atoms with Crippen LogP contribution in [0.25, 0.3) is 0 Å². The molecule has 4 bridgehead atoms. The maximum absolute atomic E-state index is 13.6. The van der Waals surface area contributed by atoms with E-state index in [0.29, 0.717) is 22.3 Å². The van der Waals surface area contributed by atoms with Crippen LogP contribution in [0.5, 0.6) is 0 Å². The number of ketones is 2. The second kappa shape index (κ2) is 17.0. The van der Waals surface area contributed by atoms with Crippen molar-refractivity contribution in [1.29, 1.82) is 0 Å².